The molecule has 0 aromatic carbocycles. The molecular weight excluding hydrogens is 278 g/mol. The topological polar surface area (TPSA) is 23.5 Å². The van der Waals surface area contributed by atoms with Gasteiger partial charge in [-0.2, -0.15) is 0 Å². The Morgan fingerprint density at radius 1 is 0.882 bits per heavy atom. The lowest BCUT2D eigenvalue weighted by molar-refractivity contribution is 0.295. The van der Waals surface area contributed by atoms with E-state index in [1.54, 1.807) is 0 Å². The van der Waals surface area contributed by atoms with Crippen LogP contribution in [0.25, 0.3) is 0 Å². The second-order valence-electron chi connectivity index (χ2n) is 4.21. The van der Waals surface area contributed by atoms with Crippen molar-refractivity contribution in [1.82, 2.24) is 4.90 Å². The first-order chi connectivity index (χ1) is 8.26. The molecule has 0 fully saturated rings. The fourth-order valence-corrected chi connectivity index (χ4v) is 1.66. The zero-order chi connectivity index (χ0) is 13.4. The fourth-order valence-electron chi connectivity index (χ4n) is 1.66. The van der Waals surface area contributed by atoms with Crippen molar-refractivity contribution in [2.24, 2.45) is 0 Å². The molecule has 0 amide bonds. The van der Waals surface area contributed by atoms with Crippen LogP contribution in [0.4, 0.5) is 0 Å². The average molecular weight is 310 g/mol. The molecule has 0 saturated heterocycles. The number of halogens is 1. The van der Waals surface area contributed by atoms with Gasteiger partial charge >= 0.3 is 0 Å². The van der Waals surface area contributed by atoms with E-state index in [1.807, 2.05) is 0 Å². The highest BCUT2D eigenvalue weighted by Gasteiger charge is 1.97. The third kappa shape index (κ3) is 18.9. The minimum Gasteiger partial charge on any atom is -0.396 e. The second kappa shape index (κ2) is 18.8. The van der Waals surface area contributed by atoms with Crippen LogP contribution in [0.15, 0.2) is 0 Å². The van der Waals surface area contributed by atoms with Crippen LogP contribution in [0, 0.1) is 0 Å². The van der Waals surface area contributed by atoms with Crippen LogP contribution >= 0.6 is 15.9 Å². The molecule has 1 N–H and O–H groups in total. The molecule has 3 heteroatoms. The zero-order valence-corrected chi connectivity index (χ0v) is 13.6. The number of nitrogens with zero attached hydrogens (tertiary/aromatic N) is 1. The van der Waals surface area contributed by atoms with Crippen LogP contribution in [0.5, 0.6) is 0 Å². The molecule has 0 aliphatic heterocycles. The van der Waals surface area contributed by atoms with Crippen molar-refractivity contribution in [3.8, 4) is 0 Å². The molecule has 0 spiro atoms. The maximum Gasteiger partial charge on any atom is 0.0528 e. The van der Waals surface area contributed by atoms with E-state index in [-0.39, 0.29) is 6.61 Å². The minimum absolute atomic E-state index is 0.236. The molecule has 0 saturated carbocycles. The number of aliphatic hydroxyl groups is 1. The molecule has 0 aliphatic rings. The van der Waals surface area contributed by atoms with Gasteiger partial charge in [-0.15, -0.1) is 0 Å². The normalized spacial score (nSPS) is 10.2. The Kier molecular flexibility index (Phi) is 21.8. The average Bonchev–Trinajstić information content (AvgIpc) is 2.38. The van der Waals surface area contributed by atoms with Crippen LogP contribution in [0.1, 0.15) is 59.3 Å². The predicted octanol–water partition coefficient (Wildman–Crippen LogP) is 4.06. The minimum atomic E-state index is 0.236. The van der Waals surface area contributed by atoms with Crippen LogP contribution in [0.3, 0.4) is 0 Å². The predicted molar refractivity (Wildman–Crippen MR) is 82.0 cm³/mol. The summed E-state index contributed by atoms with van der Waals surface area (Å²) in [7, 11) is 0. The summed E-state index contributed by atoms with van der Waals surface area (Å²) in [6, 6.07) is 0. The smallest absolute Gasteiger partial charge is 0.0528 e. The zero-order valence-electron chi connectivity index (χ0n) is 12.1. The van der Waals surface area contributed by atoms with Gasteiger partial charge in [0.15, 0.2) is 0 Å². The van der Waals surface area contributed by atoms with Crippen molar-refractivity contribution in [3.63, 3.8) is 0 Å². The standard InChI is InChI=1S/C12H27N.C2H5BrO/c1-4-7-8-9-10-11-12-13(5-2)6-3;3-1-2-4/h4-12H2,1-3H3;4H,1-2H2. The van der Waals surface area contributed by atoms with Gasteiger partial charge in [0.1, 0.15) is 0 Å². The summed E-state index contributed by atoms with van der Waals surface area (Å²) in [5.41, 5.74) is 0. The number of unbranched alkanes of at least 4 members (excludes halogenated alkanes) is 5. The highest BCUT2D eigenvalue weighted by molar-refractivity contribution is 9.09. The Bertz CT molecular complexity index is 117. The molecule has 106 valence electrons. The molecule has 0 heterocycles. The third-order valence-electron chi connectivity index (χ3n) is 2.81. The summed E-state index contributed by atoms with van der Waals surface area (Å²) in [6.07, 6.45) is 8.48. The quantitative estimate of drug-likeness (QED) is 0.486. The summed E-state index contributed by atoms with van der Waals surface area (Å²) in [5.74, 6) is 0. The van der Waals surface area contributed by atoms with Crippen molar-refractivity contribution in [2.45, 2.75) is 59.3 Å². The highest BCUT2D eigenvalue weighted by atomic mass is 79.9. The largest absolute Gasteiger partial charge is 0.396 e. The maximum absolute atomic E-state index is 7.83. The summed E-state index contributed by atoms with van der Waals surface area (Å²) in [6.45, 7) is 10.7. The summed E-state index contributed by atoms with van der Waals surface area (Å²) >= 11 is 3.00. The van der Waals surface area contributed by atoms with Crippen molar-refractivity contribution in [1.29, 1.82) is 0 Å². The van der Waals surface area contributed by atoms with E-state index in [4.69, 9.17) is 5.11 Å². The molecule has 0 unspecified atom stereocenters. The molecule has 0 radical (unpaired) electrons. The molecular formula is C14H32BrNO. The van der Waals surface area contributed by atoms with E-state index in [0.717, 1.165) is 0 Å². The van der Waals surface area contributed by atoms with Gasteiger partial charge in [-0.05, 0) is 26.1 Å². The van der Waals surface area contributed by atoms with E-state index in [9.17, 15) is 0 Å². The number of aliphatic hydroxyl groups excluding tert-OH is 1. The van der Waals surface area contributed by atoms with Crippen molar-refractivity contribution in [3.05, 3.63) is 0 Å². The molecule has 0 aliphatic carbocycles. The Balaban J connectivity index is 0. The Morgan fingerprint density at radius 2 is 1.35 bits per heavy atom. The van der Waals surface area contributed by atoms with Crippen LogP contribution < -0.4 is 0 Å². The Labute approximate surface area is 117 Å². The van der Waals surface area contributed by atoms with Gasteiger partial charge in [0, 0.05) is 5.33 Å². The number of hydrogen-bond donors (Lipinski definition) is 1. The van der Waals surface area contributed by atoms with Gasteiger partial charge in [-0.25, -0.2) is 0 Å². The van der Waals surface area contributed by atoms with Crippen molar-refractivity contribution in [2.75, 3.05) is 31.6 Å². The van der Waals surface area contributed by atoms with Gasteiger partial charge in [-0.1, -0.05) is 68.8 Å². The lowest BCUT2D eigenvalue weighted by atomic mass is 10.1. The van der Waals surface area contributed by atoms with E-state index >= 15 is 0 Å². The first-order valence-electron chi connectivity index (χ1n) is 7.15. The summed E-state index contributed by atoms with van der Waals surface area (Å²) < 4.78 is 0. The van der Waals surface area contributed by atoms with Crippen molar-refractivity contribution >= 4 is 15.9 Å². The highest BCUT2D eigenvalue weighted by Crippen LogP contribution is 2.05. The van der Waals surface area contributed by atoms with Gasteiger partial charge in [0.25, 0.3) is 0 Å². The van der Waals surface area contributed by atoms with Gasteiger partial charge in [0.2, 0.25) is 0 Å². The molecule has 0 aromatic rings. The molecule has 0 rings (SSSR count). The number of alkyl halides is 1. The van der Waals surface area contributed by atoms with Crippen molar-refractivity contribution < 1.29 is 5.11 Å². The molecule has 0 bridgehead atoms. The lowest BCUT2D eigenvalue weighted by Crippen LogP contribution is -2.23. The Morgan fingerprint density at radius 3 is 1.76 bits per heavy atom. The second-order valence-corrected chi connectivity index (χ2v) is 5.00. The van der Waals surface area contributed by atoms with Gasteiger partial charge in [0.05, 0.1) is 6.61 Å². The molecule has 2 nitrogen and oxygen atoms in total. The monoisotopic (exact) mass is 309 g/mol. The lowest BCUT2D eigenvalue weighted by Gasteiger charge is -2.17. The molecule has 0 aromatic heterocycles. The van der Waals surface area contributed by atoms with E-state index in [2.05, 4.69) is 41.6 Å². The molecule has 0 atom stereocenters. The third-order valence-corrected chi connectivity index (χ3v) is 3.16. The first-order valence-corrected chi connectivity index (χ1v) is 8.27. The number of hydrogen-bond acceptors (Lipinski definition) is 2. The van der Waals surface area contributed by atoms with E-state index in [1.165, 1.54) is 58.2 Å². The fraction of sp³-hybridized carbons (Fsp3) is 1.00. The summed E-state index contributed by atoms with van der Waals surface area (Å²) in [5, 5.41) is 8.52. The van der Waals surface area contributed by atoms with E-state index < -0.39 is 0 Å². The molecule has 17 heavy (non-hydrogen) atoms. The van der Waals surface area contributed by atoms with Crippen LogP contribution in [-0.2, 0) is 0 Å². The van der Waals surface area contributed by atoms with Crippen LogP contribution in [0.2, 0.25) is 0 Å². The number of rotatable bonds is 10. The SMILES string of the molecule is CCCCCCCCN(CC)CC.OCCBr. The Hall–Kier alpha value is 0.400. The van der Waals surface area contributed by atoms with Gasteiger partial charge in [-0.3, -0.25) is 0 Å². The summed E-state index contributed by atoms with van der Waals surface area (Å²) in [4.78, 5) is 2.51. The van der Waals surface area contributed by atoms with E-state index in [0.29, 0.717) is 5.33 Å². The van der Waals surface area contributed by atoms with Crippen LogP contribution in [-0.4, -0.2) is 41.6 Å². The maximum atomic E-state index is 7.83. The first kappa shape index (κ1) is 19.7. The van der Waals surface area contributed by atoms with Gasteiger partial charge < -0.3 is 10.0 Å².